The number of benzene rings is 1. The van der Waals surface area contributed by atoms with E-state index in [-0.39, 0.29) is 17.3 Å². The molecule has 23 heavy (non-hydrogen) atoms. The number of carbonyl (C=O) groups is 1. The van der Waals surface area contributed by atoms with Gasteiger partial charge in [0, 0.05) is 11.6 Å². The van der Waals surface area contributed by atoms with Crippen LogP contribution in [0.2, 0.25) is 0 Å². The van der Waals surface area contributed by atoms with E-state index in [1.54, 1.807) is 13.0 Å². The average molecular weight is 335 g/mol. The van der Waals surface area contributed by atoms with Crippen LogP contribution in [0.15, 0.2) is 16.7 Å². The van der Waals surface area contributed by atoms with Gasteiger partial charge < -0.3 is 4.52 Å². The van der Waals surface area contributed by atoms with Crippen molar-refractivity contribution in [1.29, 1.82) is 0 Å². The summed E-state index contributed by atoms with van der Waals surface area (Å²) in [7, 11) is -3.41. The Morgan fingerprint density at radius 3 is 2.26 bits per heavy atom. The molecule has 0 unspecified atom stereocenters. The monoisotopic (exact) mass is 335 g/mol. The molecule has 0 atom stereocenters. The van der Waals surface area contributed by atoms with Crippen LogP contribution in [0, 0.1) is 27.7 Å². The topological polar surface area (TPSA) is 77.2 Å². The molecule has 0 bridgehead atoms. The highest BCUT2D eigenvalue weighted by Gasteiger charge is 2.21. The first kappa shape index (κ1) is 17.4. The van der Waals surface area contributed by atoms with Crippen molar-refractivity contribution in [2.75, 3.05) is 0 Å². The maximum absolute atomic E-state index is 12.5. The van der Waals surface area contributed by atoms with Crippen LogP contribution in [0.1, 0.15) is 51.0 Å². The number of rotatable bonds is 5. The van der Waals surface area contributed by atoms with Crippen LogP contribution in [-0.2, 0) is 21.3 Å². The lowest BCUT2D eigenvalue weighted by atomic mass is 9.92. The second-order valence-electron chi connectivity index (χ2n) is 6.01. The summed E-state index contributed by atoms with van der Waals surface area (Å²) in [4.78, 5) is 11.8. The number of nitrogens with zero attached hydrogens (tertiary/aromatic N) is 1. The molecule has 0 N–H and O–H groups in total. The first-order chi connectivity index (χ1) is 10.6. The van der Waals surface area contributed by atoms with Crippen LogP contribution in [-0.4, -0.2) is 19.4 Å². The molecule has 5 nitrogen and oxygen atoms in total. The fourth-order valence-electron chi connectivity index (χ4n) is 2.97. The average Bonchev–Trinajstić information content (AvgIpc) is 2.78. The Bertz CT molecular complexity index is 863. The molecule has 0 spiro atoms. The standard InChI is InChI=1S/C17H21NO4S/c1-10-6-11(2)17(14(5)19)13(4)16(10)9-23(20,21)8-15-7-12(3)22-18-15/h6-7H,8-9H2,1-5H3. The molecule has 0 aliphatic rings. The van der Waals surface area contributed by atoms with Crippen LogP contribution in [0.25, 0.3) is 0 Å². The molecule has 1 aromatic carbocycles. The molecule has 1 aromatic heterocycles. The quantitative estimate of drug-likeness (QED) is 0.784. The Kier molecular flexibility index (Phi) is 4.75. The summed E-state index contributed by atoms with van der Waals surface area (Å²) in [5, 5.41) is 3.74. The van der Waals surface area contributed by atoms with E-state index in [0.717, 1.165) is 16.7 Å². The van der Waals surface area contributed by atoms with Crippen molar-refractivity contribution in [2.45, 2.75) is 46.1 Å². The number of ketones is 1. The van der Waals surface area contributed by atoms with Crippen molar-refractivity contribution in [3.63, 3.8) is 0 Å². The van der Waals surface area contributed by atoms with Gasteiger partial charge >= 0.3 is 0 Å². The highest BCUT2D eigenvalue weighted by atomic mass is 32.2. The summed E-state index contributed by atoms with van der Waals surface area (Å²) in [6.45, 7) is 8.77. The molecule has 6 heteroatoms. The van der Waals surface area contributed by atoms with Gasteiger partial charge in [-0.15, -0.1) is 0 Å². The zero-order valence-electron chi connectivity index (χ0n) is 14.1. The summed E-state index contributed by atoms with van der Waals surface area (Å²) in [5.74, 6) is 0.242. The van der Waals surface area contributed by atoms with Crippen LogP contribution in [0.3, 0.4) is 0 Å². The summed E-state index contributed by atoms with van der Waals surface area (Å²) < 4.78 is 29.9. The summed E-state index contributed by atoms with van der Waals surface area (Å²) in [6.07, 6.45) is 0. The summed E-state index contributed by atoms with van der Waals surface area (Å²) in [5.41, 5.74) is 4.20. The van der Waals surface area contributed by atoms with E-state index in [9.17, 15) is 13.2 Å². The third-order valence-corrected chi connectivity index (χ3v) is 5.36. The third-order valence-electron chi connectivity index (χ3n) is 3.89. The highest BCUT2D eigenvalue weighted by Crippen LogP contribution is 2.25. The smallest absolute Gasteiger partial charge is 0.160 e. The Morgan fingerprint density at radius 1 is 1.09 bits per heavy atom. The van der Waals surface area contributed by atoms with E-state index >= 15 is 0 Å². The van der Waals surface area contributed by atoms with Gasteiger partial charge in [-0.3, -0.25) is 4.79 Å². The molecule has 2 aromatic rings. The largest absolute Gasteiger partial charge is 0.361 e. The van der Waals surface area contributed by atoms with Gasteiger partial charge in [0.05, 0.1) is 17.2 Å². The number of carbonyl (C=O) groups excluding carboxylic acids is 1. The third kappa shape index (κ3) is 3.88. The van der Waals surface area contributed by atoms with Crippen LogP contribution in [0.4, 0.5) is 0 Å². The molecule has 1 heterocycles. The second kappa shape index (κ2) is 6.28. The molecule has 0 saturated heterocycles. The van der Waals surface area contributed by atoms with Gasteiger partial charge in [0.15, 0.2) is 15.6 Å². The highest BCUT2D eigenvalue weighted by molar-refractivity contribution is 7.89. The maximum Gasteiger partial charge on any atom is 0.160 e. The van der Waals surface area contributed by atoms with Crippen molar-refractivity contribution in [1.82, 2.24) is 5.16 Å². The Labute approximate surface area is 136 Å². The van der Waals surface area contributed by atoms with E-state index in [2.05, 4.69) is 5.16 Å². The Hall–Kier alpha value is -1.95. The van der Waals surface area contributed by atoms with Crippen molar-refractivity contribution in [2.24, 2.45) is 0 Å². The molecule has 0 amide bonds. The van der Waals surface area contributed by atoms with E-state index in [4.69, 9.17) is 4.52 Å². The molecular weight excluding hydrogens is 314 g/mol. The Balaban J connectivity index is 2.39. The first-order valence-electron chi connectivity index (χ1n) is 7.34. The first-order valence-corrected chi connectivity index (χ1v) is 9.16. The number of sulfone groups is 1. The number of Topliss-reactive ketones (excluding diaryl/α,β-unsaturated/α-hetero) is 1. The summed E-state index contributed by atoms with van der Waals surface area (Å²) >= 11 is 0. The lowest BCUT2D eigenvalue weighted by Crippen LogP contribution is -2.13. The number of aryl methyl sites for hydroxylation is 3. The molecule has 124 valence electrons. The van der Waals surface area contributed by atoms with Crippen molar-refractivity contribution < 1.29 is 17.7 Å². The lowest BCUT2D eigenvalue weighted by molar-refractivity contribution is 0.101. The lowest BCUT2D eigenvalue weighted by Gasteiger charge is -2.15. The Morgan fingerprint density at radius 2 is 1.74 bits per heavy atom. The van der Waals surface area contributed by atoms with E-state index in [1.165, 1.54) is 6.92 Å². The van der Waals surface area contributed by atoms with Gasteiger partial charge in [0.25, 0.3) is 0 Å². The van der Waals surface area contributed by atoms with Crippen molar-refractivity contribution >= 4 is 15.6 Å². The fourth-order valence-corrected chi connectivity index (χ4v) is 4.55. The minimum atomic E-state index is -3.41. The van der Waals surface area contributed by atoms with E-state index in [0.29, 0.717) is 22.6 Å². The van der Waals surface area contributed by atoms with Gasteiger partial charge in [-0.25, -0.2) is 8.42 Å². The van der Waals surface area contributed by atoms with Gasteiger partial charge in [0.2, 0.25) is 0 Å². The van der Waals surface area contributed by atoms with E-state index in [1.807, 2.05) is 26.8 Å². The second-order valence-corrected chi connectivity index (χ2v) is 8.07. The molecular formula is C17H21NO4S. The zero-order chi connectivity index (χ0) is 17.4. The molecule has 0 fully saturated rings. The normalized spacial score (nSPS) is 11.7. The molecule has 2 rings (SSSR count). The fraction of sp³-hybridized carbons (Fsp3) is 0.412. The molecule has 0 aliphatic carbocycles. The predicted octanol–water partition coefficient (Wildman–Crippen LogP) is 3.23. The summed E-state index contributed by atoms with van der Waals surface area (Å²) in [6, 6.07) is 3.49. The SMILES string of the molecule is CC(=O)c1c(C)cc(C)c(CS(=O)(=O)Cc2cc(C)on2)c1C. The van der Waals surface area contributed by atoms with Gasteiger partial charge in [-0.05, 0) is 56.9 Å². The van der Waals surface area contributed by atoms with Crippen molar-refractivity contribution in [3.05, 3.63) is 51.4 Å². The van der Waals surface area contributed by atoms with E-state index < -0.39 is 9.84 Å². The predicted molar refractivity (Wildman–Crippen MR) is 88.2 cm³/mol. The van der Waals surface area contributed by atoms with Crippen LogP contribution >= 0.6 is 0 Å². The minimum absolute atomic E-state index is 0.0502. The maximum atomic E-state index is 12.5. The zero-order valence-corrected chi connectivity index (χ0v) is 14.9. The van der Waals surface area contributed by atoms with Gasteiger partial charge in [-0.1, -0.05) is 11.2 Å². The molecule has 0 saturated carbocycles. The minimum Gasteiger partial charge on any atom is -0.361 e. The van der Waals surface area contributed by atoms with Crippen LogP contribution < -0.4 is 0 Å². The van der Waals surface area contributed by atoms with Crippen LogP contribution in [0.5, 0.6) is 0 Å². The molecule has 0 radical (unpaired) electrons. The number of hydrogen-bond donors (Lipinski definition) is 0. The van der Waals surface area contributed by atoms with Crippen molar-refractivity contribution in [3.8, 4) is 0 Å². The molecule has 0 aliphatic heterocycles. The van der Waals surface area contributed by atoms with Gasteiger partial charge in [-0.2, -0.15) is 0 Å². The number of hydrogen-bond acceptors (Lipinski definition) is 5. The van der Waals surface area contributed by atoms with Gasteiger partial charge in [0.1, 0.15) is 5.76 Å². The number of aromatic nitrogens is 1.